The normalized spacial score (nSPS) is 20.2. The van der Waals surface area contributed by atoms with Crippen molar-refractivity contribution in [2.45, 2.75) is 23.3 Å². The van der Waals surface area contributed by atoms with Gasteiger partial charge in [-0.1, -0.05) is 6.08 Å². The molecule has 0 unspecified atom stereocenters. The number of amides is 1. The highest BCUT2D eigenvalue weighted by Crippen LogP contribution is 2.31. The molecule has 0 fully saturated rings. The largest absolute Gasteiger partial charge is 0.394 e. The van der Waals surface area contributed by atoms with Gasteiger partial charge in [-0.25, -0.2) is 12.8 Å². The summed E-state index contributed by atoms with van der Waals surface area (Å²) in [5.41, 5.74) is -0.828. The molecule has 10 heteroatoms. The number of carbonyl (C=O) groups is 1. The molecule has 1 amide bonds. The van der Waals surface area contributed by atoms with E-state index in [2.05, 4.69) is 16.6 Å². The third-order valence-electron chi connectivity index (χ3n) is 4.93. The van der Waals surface area contributed by atoms with Crippen LogP contribution in [-0.2, 0) is 23.5 Å². The first-order chi connectivity index (χ1) is 13.7. The molecule has 3 rings (SSSR count). The van der Waals surface area contributed by atoms with Crippen LogP contribution in [0.2, 0.25) is 0 Å². The number of aryl methyl sites for hydroxylation is 1. The van der Waals surface area contributed by atoms with Crippen LogP contribution in [0.5, 0.6) is 0 Å². The Hall–Kier alpha value is -3.00. The Morgan fingerprint density at radius 3 is 2.90 bits per heavy atom. The summed E-state index contributed by atoms with van der Waals surface area (Å²) in [5.74, 6) is -1.31. The van der Waals surface area contributed by atoms with Crippen molar-refractivity contribution in [1.29, 1.82) is 5.26 Å². The van der Waals surface area contributed by atoms with Crippen LogP contribution < -0.4 is 10.0 Å². The minimum atomic E-state index is -4.01. The van der Waals surface area contributed by atoms with E-state index in [1.807, 2.05) is 0 Å². The number of nitriles is 1. The van der Waals surface area contributed by atoms with Crippen molar-refractivity contribution in [2.24, 2.45) is 7.05 Å². The molecule has 0 saturated heterocycles. The van der Waals surface area contributed by atoms with Crippen molar-refractivity contribution in [3.63, 3.8) is 0 Å². The molecular weight excluding hydrogens is 399 g/mol. The number of aromatic nitrogens is 1. The fourth-order valence-corrected chi connectivity index (χ4v) is 5.05. The number of halogens is 1. The summed E-state index contributed by atoms with van der Waals surface area (Å²) in [6, 6.07) is 5.26. The van der Waals surface area contributed by atoms with Crippen molar-refractivity contribution >= 4 is 21.6 Å². The van der Waals surface area contributed by atoms with Crippen molar-refractivity contribution in [3.8, 4) is 6.07 Å². The van der Waals surface area contributed by atoms with Crippen LogP contribution in [0.1, 0.15) is 28.0 Å². The molecule has 1 atom stereocenters. The van der Waals surface area contributed by atoms with Gasteiger partial charge < -0.3 is 15.0 Å². The molecule has 1 aromatic heterocycles. The van der Waals surface area contributed by atoms with Crippen molar-refractivity contribution in [2.75, 3.05) is 11.9 Å². The van der Waals surface area contributed by atoms with Crippen LogP contribution in [0, 0.1) is 17.1 Å². The molecule has 1 aromatic carbocycles. The smallest absolute Gasteiger partial charge is 0.272 e. The number of fused-ring (bicyclic) bond motifs is 1. The fourth-order valence-electron chi connectivity index (χ4n) is 3.34. The van der Waals surface area contributed by atoms with Gasteiger partial charge in [0.2, 0.25) is 10.0 Å². The number of nitrogens with zero attached hydrogens (tertiary/aromatic N) is 2. The highest BCUT2D eigenvalue weighted by Gasteiger charge is 2.39. The van der Waals surface area contributed by atoms with E-state index >= 15 is 0 Å². The summed E-state index contributed by atoms with van der Waals surface area (Å²) < 4.78 is 43.0. The second-order valence-corrected chi connectivity index (χ2v) is 8.47. The molecule has 3 N–H and O–H groups in total. The monoisotopic (exact) mass is 418 g/mol. The zero-order valence-electron chi connectivity index (χ0n) is 15.6. The van der Waals surface area contributed by atoms with Gasteiger partial charge >= 0.3 is 0 Å². The lowest BCUT2D eigenvalue weighted by atomic mass is 9.93. The molecule has 8 nitrogen and oxygen atoms in total. The molecule has 2 aromatic rings. The maximum atomic E-state index is 13.5. The van der Waals surface area contributed by atoms with Gasteiger partial charge in [-0.05, 0) is 31.0 Å². The number of rotatable bonds is 4. The lowest BCUT2D eigenvalue weighted by molar-refractivity contribution is 0.101. The third-order valence-corrected chi connectivity index (χ3v) is 6.53. The highest BCUT2D eigenvalue weighted by molar-refractivity contribution is 7.89. The average Bonchev–Trinajstić information content (AvgIpc) is 2.98. The van der Waals surface area contributed by atoms with Gasteiger partial charge in [0.05, 0.1) is 17.7 Å². The van der Waals surface area contributed by atoms with E-state index in [0.717, 1.165) is 6.07 Å². The van der Waals surface area contributed by atoms with Crippen LogP contribution in [0.4, 0.5) is 10.1 Å². The predicted molar refractivity (Wildman–Crippen MR) is 103 cm³/mol. The predicted octanol–water partition coefficient (Wildman–Crippen LogP) is 1.43. The molecule has 1 aliphatic rings. The standard InChI is InChI=1S/C19H19FN4O4S/c1-3-19(11-25)7-6-14-16(29(27,28)23-19)10-24(2)17(14)18(26)22-13-4-5-15(20)12(8-13)9-21/h3-5,8,10,23,25H,1,6-7,11H2,2H3,(H,22,26)/t19-/m1/s1. The SMILES string of the molecule is C=C[C@]1(CO)CCc2c(cn(C)c2C(=O)Nc2ccc(F)c(C#N)c2)S(=O)(=O)N1. The first-order valence-corrected chi connectivity index (χ1v) is 10.1. The van der Waals surface area contributed by atoms with Crippen LogP contribution in [0.25, 0.3) is 0 Å². The molecular formula is C19H19FN4O4S. The zero-order chi connectivity index (χ0) is 21.4. The Kier molecular flexibility index (Phi) is 5.32. The van der Waals surface area contributed by atoms with Crippen LogP contribution in [0.3, 0.4) is 0 Å². The second-order valence-electron chi connectivity index (χ2n) is 6.82. The van der Waals surface area contributed by atoms with Crippen molar-refractivity contribution in [3.05, 3.63) is 59.7 Å². The third kappa shape index (κ3) is 3.67. The number of hydrogen-bond acceptors (Lipinski definition) is 5. The summed E-state index contributed by atoms with van der Waals surface area (Å²) >= 11 is 0. The summed E-state index contributed by atoms with van der Waals surface area (Å²) in [6.07, 6.45) is 3.08. The van der Waals surface area contributed by atoms with Gasteiger partial charge in [-0.3, -0.25) is 4.79 Å². The van der Waals surface area contributed by atoms with E-state index in [0.29, 0.717) is 5.56 Å². The Morgan fingerprint density at radius 1 is 1.55 bits per heavy atom. The molecule has 1 aliphatic heterocycles. The topological polar surface area (TPSA) is 124 Å². The van der Waals surface area contributed by atoms with Gasteiger partial charge in [0, 0.05) is 24.5 Å². The summed E-state index contributed by atoms with van der Waals surface area (Å²) in [4.78, 5) is 12.8. The number of carbonyl (C=O) groups excluding carboxylic acids is 1. The van der Waals surface area contributed by atoms with Crippen LogP contribution >= 0.6 is 0 Å². The Balaban J connectivity index is 2.02. The lowest BCUT2D eigenvalue weighted by Crippen LogP contribution is -2.48. The van der Waals surface area contributed by atoms with Gasteiger partial charge in [0.15, 0.2) is 0 Å². The Labute approximate surface area is 167 Å². The van der Waals surface area contributed by atoms with E-state index in [-0.39, 0.29) is 34.7 Å². The first-order valence-electron chi connectivity index (χ1n) is 8.64. The van der Waals surface area contributed by atoms with Crippen LogP contribution in [0.15, 0.2) is 41.9 Å². The maximum Gasteiger partial charge on any atom is 0.272 e. The highest BCUT2D eigenvalue weighted by atomic mass is 32.2. The van der Waals surface area contributed by atoms with Gasteiger partial charge in [0.1, 0.15) is 22.5 Å². The minimum absolute atomic E-state index is 0.0563. The number of benzene rings is 1. The van der Waals surface area contributed by atoms with Crippen molar-refractivity contribution < 1.29 is 22.7 Å². The second kappa shape index (κ2) is 7.44. The average molecular weight is 418 g/mol. The number of sulfonamides is 1. The molecule has 0 radical (unpaired) electrons. The molecule has 0 saturated carbocycles. The quantitative estimate of drug-likeness (QED) is 0.648. The molecule has 2 heterocycles. The van der Waals surface area contributed by atoms with E-state index in [9.17, 15) is 22.7 Å². The first kappa shape index (κ1) is 20.7. The van der Waals surface area contributed by atoms with Crippen LogP contribution in [-0.4, -0.2) is 36.1 Å². The van der Waals surface area contributed by atoms with Gasteiger partial charge in [-0.2, -0.15) is 9.98 Å². The van der Waals surface area contributed by atoms with Gasteiger partial charge in [0.25, 0.3) is 5.91 Å². The summed E-state index contributed by atoms with van der Waals surface area (Å²) in [6.45, 7) is 3.14. The fraction of sp³-hybridized carbons (Fsp3) is 0.263. The maximum absolute atomic E-state index is 13.5. The number of hydrogen-bond donors (Lipinski definition) is 3. The summed E-state index contributed by atoms with van der Waals surface area (Å²) in [5, 5.41) is 21.2. The van der Waals surface area contributed by atoms with Gasteiger partial charge in [-0.15, -0.1) is 6.58 Å². The van der Waals surface area contributed by atoms with E-state index in [1.54, 1.807) is 6.07 Å². The lowest BCUT2D eigenvalue weighted by Gasteiger charge is -2.27. The number of anilines is 1. The Morgan fingerprint density at radius 2 is 2.28 bits per heavy atom. The molecule has 0 bridgehead atoms. The number of nitrogens with one attached hydrogen (secondary N) is 2. The number of aliphatic hydroxyl groups is 1. The number of aliphatic hydroxyl groups excluding tert-OH is 1. The van der Waals surface area contributed by atoms with E-state index in [1.165, 1.54) is 36.0 Å². The van der Waals surface area contributed by atoms with Crippen molar-refractivity contribution in [1.82, 2.24) is 9.29 Å². The molecule has 0 spiro atoms. The minimum Gasteiger partial charge on any atom is -0.394 e. The summed E-state index contributed by atoms with van der Waals surface area (Å²) in [7, 11) is -2.47. The van der Waals surface area contributed by atoms with E-state index in [4.69, 9.17) is 5.26 Å². The van der Waals surface area contributed by atoms with E-state index < -0.39 is 33.9 Å². The molecule has 0 aliphatic carbocycles. The Bertz CT molecular complexity index is 1150. The molecule has 152 valence electrons. The zero-order valence-corrected chi connectivity index (χ0v) is 16.4. The molecule has 29 heavy (non-hydrogen) atoms.